The molecule has 5 atom stereocenters. The maximum absolute atomic E-state index is 6.24. The van der Waals surface area contributed by atoms with E-state index in [0.717, 1.165) is 30.6 Å². The van der Waals surface area contributed by atoms with Crippen LogP contribution in [0.15, 0.2) is 24.3 Å². The fraction of sp³-hybridized carbons (Fsp3) is 0.684. The summed E-state index contributed by atoms with van der Waals surface area (Å²) < 4.78 is 29.8. The number of benzene rings is 1. The monoisotopic (exact) mass is 336 g/mol. The van der Waals surface area contributed by atoms with Gasteiger partial charge < -0.3 is 23.7 Å². The van der Waals surface area contributed by atoms with Crippen LogP contribution < -0.4 is 4.74 Å². The molecule has 2 aliphatic rings. The fourth-order valence-electron chi connectivity index (χ4n) is 3.37. The van der Waals surface area contributed by atoms with Crippen molar-refractivity contribution in [1.82, 2.24) is 0 Å². The summed E-state index contributed by atoms with van der Waals surface area (Å²) in [6.07, 6.45) is 2.09. The third kappa shape index (κ3) is 3.45. The first kappa shape index (κ1) is 17.7. The number of methoxy groups -OCH3 is 1. The number of rotatable bonds is 7. The Hall–Kier alpha value is -1.14. The molecule has 1 unspecified atom stereocenters. The maximum Gasteiger partial charge on any atom is 0.190 e. The number of hydrogen-bond donors (Lipinski definition) is 0. The SMILES string of the molecule is CCC[C@H]1O[C@@H]2OC(C)(CC)O[C@@H]2[C@H]1OCc1ccccc1OC. The summed E-state index contributed by atoms with van der Waals surface area (Å²) in [5, 5.41) is 0. The van der Waals surface area contributed by atoms with E-state index in [4.69, 9.17) is 23.7 Å². The Morgan fingerprint density at radius 3 is 2.67 bits per heavy atom. The zero-order valence-corrected chi connectivity index (χ0v) is 15.0. The van der Waals surface area contributed by atoms with Crippen molar-refractivity contribution in [3.63, 3.8) is 0 Å². The molecule has 0 spiro atoms. The van der Waals surface area contributed by atoms with E-state index in [1.807, 2.05) is 31.2 Å². The van der Waals surface area contributed by atoms with E-state index >= 15 is 0 Å². The molecule has 5 heteroatoms. The summed E-state index contributed by atoms with van der Waals surface area (Å²) in [6.45, 7) is 6.62. The highest BCUT2D eigenvalue weighted by molar-refractivity contribution is 5.32. The van der Waals surface area contributed by atoms with Crippen molar-refractivity contribution in [3.8, 4) is 5.75 Å². The van der Waals surface area contributed by atoms with Crippen LogP contribution in [0.4, 0.5) is 0 Å². The standard InChI is InChI=1S/C19H28O5/c1-5-9-15-16(17-18(22-15)24-19(3,6-2)23-17)21-12-13-10-7-8-11-14(13)20-4/h7-8,10-11,15-18H,5-6,9,12H2,1-4H3/t15-,16+,17-,18-,19?/m1/s1. The minimum Gasteiger partial charge on any atom is -0.496 e. The molecule has 5 nitrogen and oxygen atoms in total. The van der Waals surface area contributed by atoms with Crippen LogP contribution in [0.25, 0.3) is 0 Å². The molecular weight excluding hydrogens is 308 g/mol. The third-order valence-electron chi connectivity index (χ3n) is 4.86. The van der Waals surface area contributed by atoms with Gasteiger partial charge in [0, 0.05) is 5.56 Å². The maximum atomic E-state index is 6.24. The van der Waals surface area contributed by atoms with Crippen LogP contribution in [-0.4, -0.2) is 37.5 Å². The summed E-state index contributed by atoms with van der Waals surface area (Å²) in [5.41, 5.74) is 1.02. The predicted molar refractivity (Wildman–Crippen MR) is 89.8 cm³/mol. The second kappa shape index (κ2) is 7.40. The Balaban J connectivity index is 1.71. The lowest BCUT2D eigenvalue weighted by molar-refractivity contribution is -0.229. The van der Waals surface area contributed by atoms with Gasteiger partial charge in [0.25, 0.3) is 0 Å². The van der Waals surface area contributed by atoms with Gasteiger partial charge in [-0.05, 0) is 25.8 Å². The van der Waals surface area contributed by atoms with Gasteiger partial charge in [-0.1, -0.05) is 38.5 Å². The van der Waals surface area contributed by atoms with Crippen LogP contribution in [0.5, 0.6) is 5.75 Å². The van der Waals surface area contributed by atoms with Crippen LogP contribution in [0.1, 0.15) is 45.6 Å². The van der Waals surface area contributed by atoms with Crippen molar-refractivity contribution < 1.29 is 23.7 Å². The molecule has 1 aromatic carbocycles. The van der Waals surface area contributed by atoms with Crippen LogP contribution in [0.3, 0.4) is 0 Å². The van der Waals surface area contributed by atoms with Crippen molar-refractivity contribution in [2.24, 2.45) is 0 Å². The number of ether oxygens (including phenoxy) is 5. The van der Waals surface area contributed by atoms with Crippen molar-refractivity contribution in [2.75, 3.05) is 7.11 Å². The second-order valence-electron chi connectivity index (χ2n) is 6.61. The Morgan fingerprint density at radius 1 is 1.17 bits per heavy atom. The molecule has 0 saturated carbocycles. The molecular formula is C19H28O5. The lowest BCUT2D eigenvalue weighted by Gasteiger charge is -2.27. The van der Waals surface area contributed by atoms with E-state index in [-0.39, 0.29) is 24.6 Å². The first-order valence-corrected chi connectivity index (χ1v) is 8.84. The first-order valence-electron chi connectivity index (χ1n) is 8.84. The zero-order chi connectivity index (χ0) is 17.2. The van der Waals surface area contributed by atoms with E-state index < -0.39 is 5.79 Å². The molecule has 0 aliphatic carbocycles. The second-order valence-corrected chi connectivity index (χ2v) is 6.61. The lowest BCUT2D eigenvalue weighted by atomic mass is 10.1. The Kier molecular flexibility index (Phi) is 5.45. The highest BCUT2D eigenvalue weighted by Crippen LogP contribution is 2.41. The van der Waals surface area contributed by atoms with Crippen LogP contribution in [-0.2, 0) is 25.6 Å². The summed E-state index contributed by atoms with van der Waals surface area (Å²) in [7, 11) is 1.67. The first-order chi connectivity index (χ1) is 11.6. The van der Waals surface area contributed by atoms with E-state index in [9.17, 15) is 0 Å². The van der Waals surface area contributed by atoms with Gasteiger partial charge in [0.2, 0.25) is 0 Å². The molecule has 2 aliphatic heterocycles. The Labute approximate surface area is 144 Å². The molecule has 134 valence electrons. The van der Waals surface area contributed by atoms with Gasteiger partial charge in [0.15, 0.2) is 12.1 Å². The molecule has 0 aromatic heterocycles. The molecule has 2 saturated heterocycles. The largest absolute Gasteiger partial charge is 0.496 e. The van der Waals surface area contributed by atoms with Gasteiger partial charge in [0.1, 0.15) is 18.0 Å². The quantitative estimate of drug-likeness (QED) is 0.760. The van der Waals surface area contributed by atoms with Gasteiger partial charge in [-0.25, -0.2) is 0 Å². The predicted octanol–water partition coefficient (Wildman–Crippen LogP) is 3.65. The topological polar surface area (TPSA) is 46.2 Å². The summed E-state index contributed by atoms with van der Waals surface area (Å²) in [6, 6.07) is 7.90. The van der Waals surface area contributed by atoms with Crippen molar-refractivity contribution >= 4 is 0 Å². The molecule has 3 rings (SSSR count). The van der Waals surface area contributed by atoms with E-state index in [0.29, 0.717) is 6.61 Å². The van der Waals surface area contributed by atoms with Gasteiger partial charge in [0.05, 0.1) is 19.8 Å². The van der Waals surface area contributed by atoms with Crippen molar-refractivity contribution in [2.45, 2.75) is 77.0 Å². The zero-order valence-electron chi connectivity index (χ0n) is 15.0. The van der Waals surface area contributed by atoms with Crippen LogP contribution in [0, 0.1) is 0 Å². The van der Waals surface area contributed by atoms with Crippen molar-refractivity contribution in [1.29, 1.82) is 0 Å². The number of fused-ring (bicyclic) bond motifs is 1. The van der Waals surface area contributed by atoms with E-state index in [1.165, 1.54) is 0 Å². The Bertz CT molecular complexity index is 548. The summed E-state index contributed by atoms with van der Waals surface area (Å²) >= 11 is 0. The molecule has 2 fully saturated rings. The van der Waals surface area contributed by atoms with E-state index in [2.05, 4.69) is 13.8 Å². The molecule has 0 N–H and O–H groups in total. The fourth-order valence-corrected chi connectivity index (χ4v) is 3.37. The van der Waals surface area contributed by atoms with Gasteiger partial charge in [-0.3, -0.25) is 0 Å². The highest BCUT2D eigenvalue weighted by Gasteiger charge is 2.55. The molecule has 2 heterocycles. The van der Waals surface area contributed by atoms with E-state index in [1.54, 1.807) is 7.11 Å². The van der Waals surface area contributed by atoms with Gasteiger partial charge >= 0.3 is 0 Å². The minimum absolute atomic E-state index is 0.00103. The molecule has 0 radical (unpaired) electrons. The molecule has 0 amide bonds. The normalized spacial score (nSPS) is 35.2. The molecule has 0 bridgehead atoms. The summed E-state index contributed by atoms with van der Waals surface area (Å²) in [5.74, 6) is 0.250. The highest BCUT2D eigenvalue weighted by atomic mass is 16.8. The van der Waals surface area contributed by atoms with Gasteiger partial charge in [-0.2, -0.15) is 0 Å². The lowest BCUT2D eigenvalue weighted by Crippen LogP contribution is -2.37. The average molecular weight is 336 g/mol. The smallest absolute Gasteiger partial charge is 0.190 e. The number of hydrogen-bond acceptors (Lipinski definition) is 5. The van der Waals surface area contributed by atoms with Crippen LogP contribution in [0.2, 0.25) is 0 Å². The van der Waals surface area contributed by atoms with Crippen molar-refractivity contribution in [3.05, 3.63) is 29.8 Å². The molecule has 24 heavy (non-hydrogen) atoms. The Morgan fingerprint density at radius 2 is 1.96 bits per heavy atom. The third-order valence-corrected chi connectivity index (χ3v) is 4.86. The molecule has 1 aromatic rings. The average Bonchev–Trinajstić information content (AvgIpc) is 3.07. The van der Waals surface area contributed by atoms with Crippen LogP contribution >= 0.6 is 0 Å². The summed E-state index contributed by atoms with van der Waals surface area (Å²) in [4.78, 5) is 0. The van der Waals surface area contributed by atoms with Gasteiger partial charge in [-0.15, -0.1) is 0 Å². The number of para-hydroxylation sites is 1. The minimum atomic E-state index is -0.585.